The summed E-state index contributed by atoms with van der Waals surface area (Å²) in [6, 6.07) is 2.81. The summed E-state index contributed by atoms with van der Waals surface area (Å²) in [5.41, 5.74) is 5.47. The summed E-state index contributed by atoms with van der Waals surface area (Å²) in [6.45, 7) is 2.64. The first kappa shape index (κ1) is 15.9. The van der Waals surface area contributed by atoms with Crippen LogP contribution in [-0.4, -0.2) is 19.9 Å². The van der Waals surface area contributed by atoms with Gasteiger partial charge in [0.25, 0.3) is 0 Å². The third-order valence-electron chi connectivity index (χ3n) is 2.89. The van der Waals surface area contributed by atoms with Gasteiger partial charge < -0.3 is 5.73 Å². The maximum Gasteiger partial charge on any atom is 0.240 e. The molecule has 0 atom stereocenters. The SMILES string of the molecule is CCCCCCCCNS(=O)(=O)c1ccnc(N)c1. The second-order valence-electron chi connectivity index (χ2n) is 4.58. The molecule has 19 heavy (non-hydrogen) atoms. The summed E-state index contributed by atoms with van der Waals surface area (Å²) in [5, 5.41) is 0. The van der Waals surface area contributed by atoms with E-state index in [9.17, 15) is 8.42 Å². The molecule has 5 nitrogen and oxygen atoms in total. The van der Waals surface area contributed by atoms with E-state index in [-0.39, 0.29) is 10.7 Å². The number of sulfonamides is 1. The summed E-state index contributed by atoms with van der Waals surface area (Å²) >= 11 is 0. The molecule has 1 aromatic heterocycles. The molecule has 0 amide bonds. The van der Waals surface area contributed by atoms with Crippen molar-refractivity contribution in [1.29, 1.82) is 0 Å². The predicted molar refractivity (Wildman–Crippen MR) is 77.2 cm³/mol. The van der Waals surface area contributed by atoms with E-state index in [4.69, 9.17) is 5.73 Å². The standard InChI is InChI=1S/C13H23N3O2S/c1-2-3-4-5-6-7-9-16-19(17,18)12-8-10-15-13(14)11-12/h8,10-11,16H,2-7,9H2,1H3,(H2,14,15). The normalized spacial score (nSPS) is 11.6. The average molecular weight is 285 g/mol. The maximum absolute atomic E-state index is 11.9. The Balaban J connectivity index is 2.32. The summed E-state index contributed by atoms with van der Waals surface area (Å²) < 4.78 is 26.4. The summed E-state index contributed by atoms with van der Waals surface area (Å²) in [7, 11) is -3.45. The average Bonchev–Trinajstić information content (AvgIpc) is 2.38. The van der Waals surface area contributed by atoms with Crippen LogP contribution in [0.25, 0.3) is 0 Å². The number of nitrogens with one attached hydrogen (secondary N) is 1. The molecule has 1 aromatic rings. The highest BCUT2D eigenvalue weighted by molar-refractivity contribution is 7.89. The van der Waals surface area contributed by atoms with Crippen LogP contribution in [0.4, 0.5) is 5.82 Å². The molecule has 3 N–H and O–H groups in total. The van der Waals surface area contributed by atoms with Crippen molar-refractivity contribution in [2.75, 3.05) is 12.3 Å². The van der Waals surface area contributed by atoms with Gasteiger partial charge in [-0.05, 0) is 12.5 Å². The second-order valence-corrected chi connectivity index (χ2v) is 6.35. The van der Waals surface area contributed by atoms with E-state index in [0.29, 0.717) is 6.54 Å². The first-order valence-electron chi connectivity index (χ1n) is 6.77. The summed E-state index contributed by atoms with van der Waals surface area (Å²) in [4.78, 5) is 3.95. The van der Waals surface area contributed by atoms with E-state index in [2.05, 4.69) is 16.6 Å². The number of nitrogens with two attached hydrogens (primary N) is 1. The number of aromatic nitrogens is 1. The predicted octanol–water partition coefficient (Wildman–Crippen LogP) is 2.30. The van der Waals surface area contributed by atoms with Crippen molar-refractivity contribution in [3.63, 3.8) is 0 Å². The van der Waals surface area contributed by atoms with Crippen molar-refractivity contribution in [3.05, 3.63) is 18.3 Å². The van der Waals surface area contributed by atoms with Gasteiger partial charge in [-0.1, -0.05) is 39.0 Å². The minimum absolute atomic E-state index is 0.172. The second kappa shape index (κ2) is 8.12. The number of anilines is 1. The molecular weight excluding hydrogens is 262 g/mol. The number of nitrogen functional groups attached to an aromatic ring is 1. The van der Waals surface area contributed by atoms with Gasteiger partial charge in [-0.15, -0.1) is 0 Å². The van der Waals surface area contributed by atoms with E-state index < -0.39 is 10.0 Å². The van der Waals surface area contributed by atoms with Gasteiger partial charge in [0.05, 0.1) is 4.90 Å². The van der Waals surface area contributed by atoms with Crippen LogP contribution < -0.4 is 10.5 Å². The maximum atomic E-state index is 11.9. The number of hydrogen-bond donors (Lipinski definition) is 2. The molecule has 0 unspecified atom stereocenters. The van der Waals surface area contributed by atoms with Gasteiger partial charge in [0, 0.05) is 18.8 Å². The van der Waals surface area contributed by atoms with E-state index in [1.807, 2.05) is 0 Å². The summed E-state index contributed by atoms with van der Waals surface area (Å²) in [5.74, 6) is 0.211. The number of nitrogens with zero attached hydrogens (tertiary/aromatic N) is 1. The zero-order valence-corrected chi connectivity index (χ0v) is 12.2. The lowest BCUT2D eigenvalue weighted by Crippen LogP contribution is -2.25. The van der Waals surface area contributed by atoms with Gasteiger partial charge in [-0.25, -0.2) is 18.1 Å². The zero-order valence-electron chi connectivity index (χ0n) is 11.4. The van der Waals surface area contributed by atoms with Crippen LogP contribution in [0.1, 0.15) is 45.4 Å². The van der Waals surface area contributed by atoms with Crippen LogP contribution in [0.15, 0.2) is 23.2 Å². The largest absolute Gasteiger partial charge is 0.384 e. The quantitative estimate of drug-likeness (QED) is 0.682. The monoisotopic (exact) mass is 285 g/mol. The summed E-state index contributed by atoms with van der Waals surface area (Å²) in [6.07, 6.45) is 8.18. The fraction of sp³-hybridized carbons (Fsp3) is 0.615. The molecule has 108 valence electrons. The van der Waals surface area contributed by atoms with Crippen LogP contribution in [0.2, 0.25) is 0 Å². The van der Waals surface area contributed by atoms with Gasteiger partial charge in [-0.2, -0.15) is 0 Å². The van der Waals surface area contributed by atoms with Crippen molar-refractivity contribution >= 4 is 15.8 Å². The Morgan fingerprint density at radius 1 is 1.21 bits per heavy atom. The van der Waals surface area contributed by atoms with Crippen molar-refractivity contribution in [2.24, 2.45) is 0 Å². The third kappa shape index (κ3) is 6.02. The molecule has 6 heteroatoms. The third-order valence-corrected chi connectivity index (χ3v) is 4.34. The van der Waals surface area contributed by atoms with Crippen LogP contribution in [0.3, 0.4) is 0 Å². The lowest BCUT2D eigenvalue weighted by atomic mass is 10.1. The molecule has 0 aliphatic heterocycles. The molecule has 0 saturated carbocycles. The van der Waals surface area contributed by atoms with Gasteiger partial charge in [0.15, 0.2) is 0 Å². The van der Waals surface area contributed by atoms with Crippen LogP contribution >= 0.6 is 0 Å². The Kier molecular flexibility index (Phi) is 6.80. The van der Waals surface area contributed by atoms with Crippen molar-refractivity contribution in [3.8, 4) is 0 Å². The van der Waals surface area contributed by atoms with Crippen molar-refractivity contribution < 1.29 is 8.42 Å². The highest BCUT2D eigenvalue weighted by Gasteiger charge is 2.13. The molecule has 0 radical (unpaired) electrons. The van der Waals surface area contributed by atoms with Gasteiger partial charge in [-0.3, -0.25) is 0 Å². The molecule has 0 bridgehead atoms. The minimum Gasteiger partial charge on any atom is -0.384 e. The Morgan fingerprint density at radius 2 is 1.89 bits per heavy atom. The molecule has 0 aromatic carbocycles. The molecule has 0 aliphatic carbocycles. The number of pyridine rings is 1. The topological polar surface area (TPSA) is 85.1 Å². The number of rotatable bonds is 9. The number of hydrogen-bond acceptors (Lipinski definition) is 4. The van der Waals surface area contributed by atoms with Crippen molar-refractivity contribution in [2.45, 2.75) is 50.3 Å². The molecule has 0 spiro atoms. The fourth-order valence-electron chi connectivity index (χ4n) is 1.79. The van der Waals surface area contributed by atoms with Gasteiger partial charge >= 0.3 is 0 Å². The molecular formula is C13H23N3O2S. The molecule has 0 aliphatic rings. The number of unbranched alkanes of at least 4 members (excludes halogenated alkanes) is 5. The highest BCUT2D eigenvalue weighted by atomic mass is 32.2. The van der Waals surface area contributed by atoms with Crippen LogP contribution in [0, 0.1) is 0 Å². The van der Waals surface area contributed by atoms with Crippen LogP contribution in [0.5, 0.6) is 0 Å². The Labute approximate surface area is 115 Å². The smallest absolute Gasteiger partial charge is 0.240 e. The molecule has 0 saturated heterocycles. The van der Waals surface area contributed by atoms with Gasteiger partial charge in [0.1, 0.15) is 5.82 Å². The lowest BCUT2D eigenvalue weighted by molar-refractivity contribution is 0.567. The highest BCUT2D eigenvalue weighted by Crippen LogP contribution is 2.10. The van der Waals surface area contributed by atoms with E-state index >= 15 is 0 Å². The van der Waals surface area contributed by atoms with Crippen LogP contribution in [-0.2, 0) is 10.0 Å². The zero-order chi connectivity index (χ0) is 14.1. The minimum atomic E-state index is -3.45. The first-order chi connectivity index (χ1) is 9.06. The molecule has 0 fully saturated rings. The first-order valence-corrected chi connectivity index (χ1v) is 8.26. The van der Waals surface area contributed by atoms with E-state index in [0.717, 1.165) is 19.3 Å². The fourth-order valence-corrected chi connectivity index (χ4v) is 2.89. The van der Waals surface area contributed by atoms with Crippen molar-refractivity contribution in [1.82, 2.24) is 9.71 Å². The van der Waals surface area contributed by atoms with E-state index in [1.165, 1.54) is 37.6 Å². The Morgan fingerprint density at radius 3 is 2.58 bits per heavy atom. The Bertz CT molecular complexity index is 475. The lowest BCUT2D eigenvalue weighted by Gasteiger charge is -2.07. The van der Waals surface area contributed by atoms with Gasteiger partial charge in [0.2, 0.25) is 10.0 Å². The Hall–Kier alpha value is -1.14. The molecule has 1 heterocycles. The molecule has 1 rings (SSSR count). The van der Waals surface area contributed by atoms with E-state index in [1.54, 1.807) is 0 Å².